The maximum Gasteiger partial charge on any atom is 0.428 e. The van der Waals surface area contributed by atoms with Crippen molar-refractivity contribution in [2.75, 3.05) is 0 Å². The second-order valence-electron chi connectivity index (χ2n) is 7.25. The summed E-state index contributed by atoms with van der Waals surface area (Å²) in [7, 11) is -9.14. The predicted octanol–water partition coefficient (Wildman–Crippen LogP) is 7.34. The van der Waals surface area contributed by atoms with Gasteiger partial charge >= 0.3 is 10.1 Å². The lowest BCUT2D eigenvalue weighted by Crippen LogP contribution is -2.22. The van der Waals surface area contributed by atoms with Gasteiger partial charge < -0.3 is 0 Å². The summed E-state index contributed by atoms with van der Waals surface area (Å²) in [5.41, 5.74) is 0. The second kappa shape index (κ2) is 9.60. The van der Waals surface area contributed by atoms with Crippen molar-refractivity contribution in [1.82, 2.24) is 0 Å². The van der Waals surface area contributed by atoms with Gasteiger partial charge in [-0.2, -0.15) is 0 Å². The van der Waals surface area contributed by atoms with Gasteiger partial charge in [-0.15, -0.1) is 8.42 Å². The Hall–Kier alpha value is -3.35. The molecule has 0 aliphatic heterocycles. The second-order valence-corrected chi connectivity index (χ2v) is 11.8. The maximum atomic E-state index is 14.5. The molecule has 0 aliphatic rings. The average molecular weight is 547 g/mol. The minimum Gasteiger partial charge on any atom is -0.258 e. The molecule has 4 aromatic rings. The van der Waals surface area contributed by atoms with Crippen LogP contribution in [0.15, 0.2) is 98.4 Å². The normalized spacial score (nSPS) is 12.5. The van der Waals surface area contributed by atoms with Crippen molar-refractivity contribution in [3.05, 3.63) is 120 Å². The molecule has 4 aromatic carbocycles. The van der Waals surface area contributed by atoms with E-state index in [0.717, 1.165) is 24.3 Å². The van der Waals surface area contributed by atoms with Gasteiger partial charge in [-0.1, -0.05) is 18.2 Å². The zero-order valence-electron chi connectivity index (χ0n) is 17.7. The third kappa shape index (κ3) is 4.36. The Labute approximate surface area is 202 Å². The van der Waals surface area contributed by atoms with Crippen molar-refractivity contribution in [2.45, 2.75) is 19.6 Å². The van der Waals surface area contributed by atoms with Crippen molar-refractivity contribution >= 4 is 20.4 Å². The van der Waals surface area contributed by atoms with E-state index < -0.39 is 66.0 Å². The van der Waals surface area contributed by atoms with E-state index in [2.05, 4.69) is 3.63 Å². The smallest absolute Gasteiger partial charge is 0.258 e. The summed E-state index contributed by atoms with van der Waals surface area (Å²) in [5.74, 6) is -14.1. The molecule has 0 atom stereocenters. The van der Waals surface area contributed by atoms with Gasteiger partial charge in [0.2, 0.25) is 10.7 Å². The van der Waals surface area contributed by atoms with Crippen molar-refractivity contribution in [1.29, 1.82) is 0 Å². The van der Waals surface area contributed by atoms with Crippen molar-refractivity contribution in [3.8, 4) is 0 Å². The van der Waals surface area contributed by atoms with E-state index in [4.69, 9.17) is 0 Å². The molecule has 3 nitrogen and oxygen atoms in total. The Morgan fingerprint density at radius 3 is 1.25 bits per heavy atom. The summed E-state index contributed by atoms with van der Waals surface area (Å²) in [6.07, 6.45) is 0. The topological polar surface area (TPSA) is 46.9 Å². The highest BCUT2D eigenvalue weighted by atomic mass is 32.3. The highest BCUT2D eigenvalue weighted by molar-refractivity contribution is 8.32. The van der Waals surface area contributed by atoms with Crippen LogP contribution in [0.3, 0.4) is 0 Å². The molecule has 0 spiro atoms. The van der Waals surface area contributed by atoms with Crippen LogP contribution in [0.1, 0.15) is 0 Å². The lowest BCUT2D eigenvalue weighted by molar-refractivity contribution is 0.338. The summed E-state index contributed by atoms with van der Waals surface area (Å²) in [6, 6.07) is 16.0. The molecular formula is C24H14F7O3S2+. The van der Waals surface area contributed by atoms with Crippen molar-refractivity contribution < 1.29 is 42.8 Å². The van der Waals surface area contributed by atoms with E-state index in [-0.39, 0.29) is 14.7 Å². The van der Waals surface area contributed by atoms with E-state index in [1.165, 1.54) is 48.5 Å². The van der Waals surface area contributed by atoms with Gasteiger partial charge in [0.25, 0.3) is 0 Å². The summed E-state index contributed by atoms with van der Waals surface area (Å²) in [4.78, 5) is -1.96. The Morgan fingerprint density at radius 2 is 0.833 bits per heavy atom. The first-order valence-electron chi connectivity index (χ1n) is 9.89. The van der Waals surface area contributed by atoms with E-state index in [1.54, 1.807) is 6.07 Å². The van der Waals surface area contributed by atoms with Crippen LogP contribution in [-0.2, 0) is 10.1 Å². The number of benzene rings is 4. The number of rotatable bonds is 6. The Bertz CT molecular complexity index is 1450. The fraction of sp³-hybridized carbons (Fsp3) is 0. The number of halogens is 7. The first-order chi connectivity index (χ1) is 17.0. The van der Waals surface area contributed by atoms with Crippen LogP contribution >= 0.6 is 10.3 Å². The van der Waals surface area contributed by atoms with Gasteiger partial charge in [-0.3, -0.25) is 3.63 Å². The Kier molecular flexibility index (Phi) is 6.86. The van der Waals surface area contributed by atoms with Gasteiger partial charge in [-0.25, -0.2) is 30.7 Å². The van der Waals surface area contributed by atoms with Crippen LogP contribution in [0.5, 0.6) is 0 Å². The first kappa shape index (κ1) is 25.7. The van der Waals surface area contributed by atoms with E-state index >= 15 is 0 Å². The van der Waals surface area contributed by atoms with E-state index in [9.17, 15) is 39.2 Å². The Balaban J connectivity index is 2.08. The van der Waals surface area contributed by atoms with Crippen molar-refractivity contribution in [2.24, 2.45) is 0 Å². The number of hydrogen-bond acceptors (Lipinski definition) is 2. The van der Waals surface area contributed by atoms with E-state index in [0.29, 0.717) is 0 Å². The van der Waals surface area contributed by atoms with Crippen molar-refractivity contribution in [3.63, 3.8) is 0 Å². The molecule has 36 heavy (non-hydrogen) atoms. The van der Waals surface area contributed by atoms with Crippen LogP contribution in [0.4, 0.5) is 30.7 Å². The molecule has 188 valence electrons. The Morgan fingerprint density at radius 1 is 0.472 bits per heavy atom. The molecule has 0 fully saturated rings. The lowest BCUT2D eigenvalue weighted by Gasteiger charge is -2.34. The van der Waals surface area contributed by atoms with Crippen LogP contribution in [0.25, 0.3) is 0 Å². The lowest BCUT2D eigenvalue weighted by atomic mass is 10.3. The average Bonchev–Trinajstić information content (AvgIpc) is 2.86. The molecule has 0 aliphatic carbocycles. The molecule has 0 radical (unpaired) electrons. The zero-order chi connectivity index (χ0) is 26.3. The highest BCUT2D eigenvalue weighted by Crippen LogP contribution is 2.68. The molecule has 0 amide bonds. The molecule has 0 unspecified atom stereocenters. The molecule has 0 aromatic heterocycles. The monoisotopic (exact) mass is 547 g/mol. The highest BCUT2D eigenvalue weighted by Gasteiger charge is 2.47. The van der Waals surface area contributed by atoms with Gasteiger partial charge in [0.15, 0.2) is 23.3 Å². The summed E-state index contributed by atoms with van der Waals surface area (Å²) in [6.45, 7) is 0. The fourth-order valence-electron chi connectivity index (χ4n) is 3.41. The quantitative estimate of drug-likeness (QED) is 0.0834. The molecule has 0 saturated heterocycles. The molecule has 0 saturated carbocycles. The third-order valence-corrected chi connectivity index (χ3v) is 10.4. The van der Waals surface area contributed by atoms with Gasteiger partial charge in [0, 0.05) is 0 Å². The number of hydrogen-bond donors (Lipinski definition) is 0. The SMILES string of the molecule is O=S(=O)([OH+]S(c1ccccc1)(c1ccc(F)cc1)c1ccc(F)cc1)c1c(F)c(F)c(F)c(F)c1F. The van der Waals surface area contributed by atoms with Gasteiger partial charge in [0.1, 0.15) is 11.6 Å². The van der Waals surface area contributed by atoms with Crippen LogP contribution in [-0.4, -0.2) is 12.0 Å². The first-order valence-corrected chi connectivity index (χ1v) is 12.9. The zero-order valence-corrected chi connectivity index (χ0v) is 19.4. The summed E-state index contributed by atoms with van der Waals surface area (Å²) >= 11 is 0. The van der Waals surface area contributed by atoms with Gasteiger partial charge in [0.05, 0.1) is 25.0 Å². The molecule has 1 N–H and O–H groups in total. The molecule has 12 heteroatoms. The largest absolute Gasteiger partial charge is 0.428 e. The standard InChI is InChI=1S/C24H13F7O3S2/c25-14-6-10-17(11-7-14)35(16-4-2-1-3-5-16,18-12-8-15(26)9-13-18)34-36(32,33)24-22(30)20(28)19(27)21(29)23(24)31/h1-13H/p+1. The predicted molar refractivity (Wildman–Crippen MR) is 118 cm³/mol. The summed E-state index contributed by atoms with van der Waals surface area (Å²) < 4.78 is 128. The maximum absolute atomic E-state index is 14.5. The third-order valence-electron chi connectivity index (χ3n) is 5.03. The molecule has 4 rings (SSSR count). The summed E-state index contributed by atoms with van der Waals surface area (Å²) in [5, 5.41) is 0. The minimum atomic E-state index is -5.63. The molecular weight excluding hydrogens is 533 g/mol. The van der Waals surface area contributed by atoms with E-state index in [1.807, 2.05) is 0 Å². The fourth-order valence-corrected chi connectivity index (χ4v) is 8.98. The van der Waals surface area contributed by atoms with Crippen LogP contribution in [0.2, 0.25) is 0 Å². The molecule has 0 heterocycles. The van der Waals surface area contributed by atoms with Crippen LogP contribution in [0, 0.1) is 40.7 Å². The van der Waals surface area contributed by atoms with Gasteiger partial charge in [-0.05, 0) is 60.7 Å². The van der Waals surface area contributed by atoms with Crippen LogP contribution < -0.4 is 0 Å². The minimum absolute atomic E-state index is 0.0224. The molecule has 0 bridgehead atoms.